The number of hydrogen-bond acceptors (Lipinski definition) is 3. The molecule has 0 saturated carbocycles. The van der Waals surface area contributed by atoms with Crippen LogP contribution in [0.4, 0.5) is 11.4 Å². The number of carbonyl (C=O) groups excluding carboxylic acids is 2. The number of rotatable bonds is 5. The van der Waals surface area contributed by atoms with Crippen molar-refractivity contribution in [2.24, 2.45) is 0 Å². The number of nitriles is 1. The molecule has 0 heterocycles. The predicted molar refractivity (Wildman–Crippen MR) is 98.6 cm³/mol. The largest absolute Gasteiger partial charge is 0.326 e. The summed E-state index contributed by atoms with van der Waals surface area (Å²) in [7, 11) is 0. The van der Waals surface area contributed by atoms with Crippen LogP contribution in [0.5, 0.6) is 0 Å². The van der Waals surface area contributed by atoms with Gasteiger partial charge in [-0.15, -0.1) is 0 Å². The Labute approximate surface area is 151 Å². The van der Waals surface area contributed by atoms with Crippen LogP contribution in [0.1, 0.15) is 24.5 Å². The van der Waals surface area contributed by atoms with Crippen molar-refractivity contribution in [3.05, 3.63) is 58.6 Å². The Morgan fingerprint density at radius 2 is 1.88 bits per heavy atom. The first-order valence-electron chi connectivity index (χ1n) is 7.75. The monoisotopic (exact) mass is 355 g/mol. The number of anilines is 2. The minimum Gasteiger partial charge on any atom is -0.326 e. The first-order chi connectivity index (χ1) is 11.9. The summed E-state index contributed by atoms with van der Waals surface area (Å²) in [6.45, 7) is 3.60. The van der Waals surface area contributed by atoms with Crippen molar-refractivity contribution in [1.29, 1.82) is 5.26 Å². The first-order valence-corrected chi connectivity index (χ1v) is 8.13. The van der Waals surface area contributed by atoms with Crippen LogP contribution in [0.3, 0.4) is 0 Å². The van der Waals surface area contributed by atoms with E-state index in [4.69, 9.17) is 16.9 Å². The molecule has 0 fully saturated rings. The van der Waals surface area contributed by atoms with Crippen LogP contribution < -0.4 is 10.2 Å². The number of carbonyl (C=O) groups is 2. The highest BCUT2D eigenvalue weighted by atomic mass is 35.5. The van der Waals surface area contributed by atoms with E-state index in [1.165, 1.54) is 6.92 Å². The van der Waals surface area contributed by atoms with Crippen molar-refractivity contribution in [2.45, 2.75) is 20.3 Å². The van der Waals surface area contributed by atoms with Crippen molar-refractivity contribution < 1.29 is 9.59 Å². The van der Waals surface area contributed by atoms with E-state index in [0.717, 1.165) is 11.3 Å². The van der Waals surface area contributed by atoms with Gasteiger partial charge in [-0.3, -0.25) is 9.59 Å². The molecule has 2 amide bonds. The average Bonchev–Trinajstić information content (AvgIpc) is 2.57. The molecule has 2 rings (SSSR count). The van der Waals surface area contributed by atoms with Crippen LogP contribution in [-0.4, -0.2) is 18.4 Å². The maximum atomic E-state index is 12.1. The summed E-state index contributed by atoms with van der Waals surface area (Å²) < 4.78 is 0. The third-order valence-electron chi connectivity index (χ3n) is 3.69. The number of nitrogens with one attached hydrogen (secondary N) is 1. The second kappa shape index (κ2) is 8.32. The molecule has 128 valence electrons. The van der Waals surface area contributed by atoms with Gasteiger partial charge in [0.25, 0.3) is 0 Å². The molecule has 0 aliphatic heterocycles. The number of benzene rings is 2. The Balaban J connectivity index is 2.01. The molecule has 5 nitrogen and oxygen atoms in total. The van der Waals surface area contributed by atoms with Gasteiger partial charge in [0.15, 0.2) is 0 Å². The molecule has 0 unspecified atom stereocenters. The van der Waals surface area contributed by atoms with E-state index in [1.807, 2.05) is 13.0 Å². The lowest BCUT2D eigenvalue weighted by atomic mass is 10.1. The lowest BCUT2D eigenvalue weighted by Gasteiger charge is -2.23. The standard InChI is InChI=1S/C19H18ClN3O2/c1-13-11-16(20)5-8-18(13)23(14(2)24)10-9-19(25)22-17-6-3-15(12-21)4-7-17/h3-8,11H,9-10H2,1-2H3,(H,22,25). The highest BCUT2D eigenvalue weighted by molar-refractivity contribution is 6.30. The lowest BCUT2D eigenvalue weighted by Crippen LogP contribution is -2.32. The third-order valence-corrected chi connectivity index (χ3v) is 3.93. The summed E-state index contributed by atoms with van der Waals surface area (Å²) in [5.74, 6) is -0.348. The van der Waals surface area contributed by atoms with Crippen LogP contribution in [0.15, 0.2) is 42.5 Å². The maximum Gasteiger partial charge on any atom is 0.226 e. The smallest absolute Gasteiger partial charge is 0.226 e. The average molecular weight is 356 g/mol. The van der Waals surface area contributed by atoms with Gasteiger partial charge in [-0.25, -0.2) is 0 Å². The molecular formula is C19H18ClN3O2. The van der Waals surface area contributed by atoms with E-state index < -0.39 is 0 Å². The third kappa shape index (κ3) is 5.07. The van der Waals surface area contributed by atoms with E-state index in [1.54, 1.807) is 47.4 Å². The van der Waals surface area contributed by atoms with Crippen LogP contribution in [0, 0.1) is 18.3 Å². The summed E-state index contributed by atoms with van der Waals surface area (Å²) in [6.07, 6.45) is 0.154. The Morgan fingerprint density at radius 3 is 2.44 bits per heavy atom. The summed E-state index contributed by atoms with van der Waals surface area (Å²) in [6, 6.07) is 13.9. The number of halogens is 1. The number of amides is 2. The highest BCUT2D eigenvalue weighted by Crippen LogP contribution is 2.24. The zero-order chi connectivity index (χ0) is 18.4. The fourth-order valence-corrected chi connectivity index (χ4v) is 2.66. The van der Waals surface area contributed by atoms with Crippen molar-refractivity contribution in [1.82, 2.24) is 0 Å². The fourth-order valence-electron chi connectivity index (χ4n) is 2.43. The van der Waals surface area contributed by atoms with E-state index >= 15 is 0 Å². The van der Waals surface area contributed by atoms with E-state index in [0.29, 0.717) is 16.3 Å². The minimum absolute atomic E-state index is 0.142. The predicted octanol–water partition coefficient (Wildman–Crippen LogP) is 3.90. The van der Waals surface area contributed by atoms with Crippen LogP contribution in [0.2, 0.25) is 5.02 Å². The molecule has 0 aliphatic carbocycles. The van der Waals surface area contributed by atoms with Gasteiger partial charge < -0.3 is 10.2 Å². The van der Waals surface area contributed by atoms with Gasteiger partial charge in [-0.05, 0) is 55.0 Å². The van der Waals surface area contributed by atoms with E-state index in [2.05, 4.69) is 5.32 Å². The molecule has 0 aliphatic rings. The number of nitrogens with zero attached hydrogens (tertiary/aromatic N) is 2. The van der Waals surface area contributed by atoms with Crippen LogP contribution in [-0.2, 0) is 9.59 Å². The van der Waals surface area contributed by atoms with E-state index in [-0.39, 0.29) is 24.8 Å². The van der Waals surface area contributed by atoms with Crippen LogP contribution >= 0.6 is 11.6 Å². The van der Waals surface area contributed by atoms with Gasteiger partial charge in [-0.2, -0.15) is 5.26 Å². The van der Waals surface area contributed by atoms with Crippen molar-refractivity contribution in [3.63, 3.8) is 0 Å². The zero-order valence-electron chi connectivity index (χ0n) is 14.0. The van der Waals surface area contributed by atoms with Gasteiger partial charge in [0.05, 0.1) is 11.6 Å². The zero-order valence-corrected chi connectivity index (χ0v) is 14.8. The molecule has 0 radical (unpaired) electrons. The molecule has 6 heteroatoms. The van der Waals surface area contributed by atoms with Gasteiger partial charge in [0.1, 0.15) is 0 Å². The van der Waals surface area contributed by atoms with Gasteiger partial charge in [0, 0.05) is 36.3 Å². The van der Waals surface area contributed by atoms with Gasteiger partial charge in [0.2, 0.25) is 11.8 Å². The molecule has 0 saturated heterocycles. The normalized spacial score (nSPS) is 10.0. The molecule has 0 aromatic heterocycles. The van der Waals surface area contributed by atoms with Gasteiger partial charge >= 0.3 is 0 Å². The van der Waals surface area contributed by atoms with Crippen LogP contribution in [0.25, 0.3) is 0 Å². The molecule has 0 bridgehead atoms. The topological polar surface area (TPSA) is 73.2 Å². The molecule has 25 heavy (non-hydrogen) atoms. The summed E-state index contributed by atoms with van der Waals surface area (Å²) in [4.78, 5) is 25.6. The molecule has 0 spiro atoms. The van der Waals surface area contributed by atoms with Crippen molar-refractivity contribution in [3.8, 4) is 6.07 Å². The van der Waals surface area contributed by atoms with Gasteiger partial charge in [-0.1, -0.05) is 11.6 Å². The SMILES string of the molecule is CC(=O)N(CCC(=O)Nc1ccc(C#N)cc1)c1ccc(Cl)cc1C. The number of hydrogen-bond donors (Lipinski definition) is 1. The second-order valence-electron chi connectivity index (χ2n) is 5.59. The highest BCUT2D eigenvalue weighted by Gasteiger charge is 2.15. The Kier molecular flexibility index (Phi) is 6.15. The Bertz CT molecular complexity index is 826. The molecule has 1 N–H and O–H groups in total. The minimum atomic E-state index is -0.206. The first kappa shape index (κ1) is 18.5. The molecule has 2 aromatic rings. The molecule has 2 aromatic carbocycles. The van der Waals surface area contributed by atoms with Crippen molar-refractivity contribution >= 4 is 34.8 Å². The fraction of sp³-hybridized carbons (Fsp3) is 0.211. The summed E-state index contributed by atoms with van der Waals surface area (Å²) in [5.41, 5.74) is 2.75. The second-order valence-corrected chi connectivity index (χ2v) is 6.03. The summed E-state index contributed by atoms with van der Waals surface area (Å²) in [5, 5.41) is 12.1. The Hall–Kier alpha value is -2.84. The maximum absolute atomic E-state index is 12.1. The number of aryl methyl sites for hydroxylation is 1. The lowest BCUT2D eigenvalue weighted by molar-refractivity contribution is -0.117. The molecular weight excluding hydrogens is 338 g/mol. The quantitative estimate of drug-likeness (QED) is 0.883. The molecule has 0 atom stereocenters. The van der Waals surface area contributed by atoms with E-state index in [9.17, 15) is 9.59 Å². The Morgan fingerprint density at radius 1 is 1.20 bits per heavy atom. The summed E-state index contributed by atoms with van der Waals surface area (Å²) >= 11 is 5.95. The van der Waals surface area contributed by atoms with Crippen molar-refractivity contribution in [2.75, 3.05) is 16.8 Å².